The average Bonchev–Trinajstić information content (AvgIpc) is 3.01. The number of aromatic nitrogens is 4. The van der Waals surface area contributed by atoms with Crippen LogP contribution < -0.4 is 24.6 Å². The zero-order chi connectivity index (χ0) is 31.6. The van der Waals surface area contributed by atoms with E-state index in [0.29, 0.717) is 28.5 Å². The van der Waals surface area contributed by atoms with E-state index in [0.717, 1.165) is 60.4 Å². The van der Waals surface area contributed by atoms with Crippen LogP contribution in [-0.4, -0.2) is 86.9 Å². The molecule has 0 unspecified atom stereocenters. The molecule has 0 spiro atoms. The van der Waals surface area contributed by atoms with Crippen LogP contribution >= 0.6 is 0 Å². The average molecular weight is 624 g/mol. The molecule has 12 nitrogen and oxygen atoms in total. The molecule has 0 radical (unpaired) electrons. The van der Waals surface area contributed by atoms with Gasteiger partial charge in [0.25, 0.3) is 0 Å². The van der Waals surface area contributed by atoms with Crippen molar-refractivity contribution in [3.8, 4) is 5.75 Å². The van der Waals surface area contributed by atoms with Gasteiger partial charge >= 0.3 is 0 Å². The molecule has 2 N–H and O–H groups in total. The molecule has 14 heteroatoms. The third-order valence-corrected chi connectivity index (χ3v) is 9.16. The summed E-state index contributed by atoms with van der Waals surface area (Å²) in [4.78, 5) is 21.8. The Morgan fingerprint density at radius 1 is 1.05 bits per heavy atom. The van der Waals surface area contributed by atoms with Crippen LogP contribution in [0.2, 0.25) is 0 Å². The number of anilines is 6. The number of ether oxygens (including phenoxy) is 1. The fourth-order valence-corrected chi connectivity index (χ4v) is 5.97. The summed E-state index contributed by atoms with van der Waals surface area (Å²) in [5.74, 6) is -0.128. The van der Waals surface area contributed by atoms with Gasteiger partial charge in [0, 0.05) is 50.3 Å². The van der Waals surface area contributed by atoms with E-state index in [1.54, 1.807) is 19.2 Å². The van der Waals surface area contributed by atoms with Gasteiger partial charge in [0.1, 0.15) is 17.0 Å². The Bertz CT molecular complexity index is 1760. The molecule has 0 atom stereocenters. The molecule has 1 aliphatic heterocycles. The lowest BCUT2D eigenvalue weighted by atomic mass is 10.0. The highest BCUT2D eigenvalue weighted by Gasteiger charge is 2.24. The maximum Gasteiger partial charge on any atom is 0.232 e. The van der Waals surface area contributed by atoms with Gasteiger partial charge in [0.05, 0.1) is 36.5 Å². The van der Waals surface area contributed by atoms with Crippen molar-refractivity contribution in [2.45, 2.75) is 32.2 Å². The summed E-state index contributed by atoms with van der Waals surface area (Å²) < 4.78 is 46.9. The van der Waals surface area contributed by atoms with Crippen molar-refractivity contribution in [3.05, 3.63) is 54.2 Å². The number of methoxy groups -OCH3 is 1. The second-order valence-corrected chi connectivity index (χ2v) is 13.0. The minimum Gasteiger partial charge on any atom is -0.494 e. The van der Waals surface area contributed by atoms with Crippen LogP contribution in [0, 0.1) is 5.82 Å². The van der Waals surface area contributed by atoms with Crippen molar-refractivity contribution < 1.29 is 17.5 Å². The Kier molecular flexibility index (Phi) is 9.02. The smallest absolute Gasteiger partial charge is 0.232 e. The van der Waals surface area contributed by atoms with Crippen molar-refractivity contribution >= 4 is 55.6 Å². The summed E-state index contributed by atoms with van der Waals surface area (Å²) in [6.07, 6.45) is 8.09. The minimum atomic E-state index is -3.69. The predicted molar refractivity (Wildman–Crippen MR) is 173 cm³/mol. The van der Waals surface area contributed by atoms with Crippen LogP contribution in [0.5, 0.6) is 5.75 Å². The Morgan fingerprint density at radius 3 is 2.43 bits per heavy atom. The molecule has 0 aliphatic carbocycles. The first-order valence-electron chi connectivity index (χ1n) is 14.4. The standard InChI is InChI=1S/C30H38FN9O3S/c1-7-19-16-24(26(43-5)17-25(19)40-14-10-20(11-15-40)38(2)3)36-30-34-18-21(31)29(37-30)35-23-9-8-22-27(33-13-12-32-22)28(23)39(4)44(6,41)42/h8-9,12-13,16-18,20H,7,10-11,14-15H2,1-6H3,(H2,34,35,36,37). The lowest BCUT2D eigenvalue weighted by molar-refractivity contribution is 0.249. The summed E-state index contributed by atoms with van der Waals surface area (Å²) in [5, 5.41) is 6.13. The first kappa shape index (κ1) is 31.1. The van der Waals surface area contributed by atoms with Gasteiger partial charge in [-0.15, -0.1) is 0 Å². The molecule has 3 heterocycles. The fraction of sp³-hybridized carbons (Fsp3) is 0.400. The summed E-state index contributed by atoms with van der Waals surface area (Å²) in [5.41, 5.74) is 4.24. The van der Waals surface area contributed by atoms with Crippen LogP contribution in [0.25, 0.3) is 11.0 Å². The molecule has 0 bridgehead atoms. The van der Waals surface area contributed by atoms with E-state index in [1.165, 1.54) is 19.4 Å². The van der Waals surface area contributed by atoms with Gasteiger partial charge in [-0.1, -0.05) is 6.92 Å². The summed E-state index contributed by atoms with van der Waals surface area (Å²) in [6.45, 7) is 4.02. The molecular formula is C30H38FN9O3S. The van der Waals surface area contributed by atoms with Gasteiger partial charge in [0.15, 0.2) is 11.6 Å². The van der Waals surface area contributed by atoms with Crippen LogP contribution in [-0.2, 0) is 16.4 Å². The number of sulfonamides is 1. The second-order valence-electron chi connectivity index (χ2n) is 11.0. The van der Waals surface area contributed by atoms with E-state index in [9.17, 15) is 8.42 Å². The molecule has 1 saturated heterocycles. The predicted octanol–water partition coefficient (Wildman–Crippen LogP) is 4.54. The molecule has 44 heavy (non-hydrogen) atoms. The first-order chi connectivity index (χ1) is 21.0. The first-order valence-corrected chi connectivity index (χ1v) is 16.2. The highest BCUT2D eigenvalue weighted by Crippen LogP contribution is 2.38. The number of aryl methyl sites for hydroxylation is 1. The molecule has 234 valence electrons. The van der Waals surface area contributed by atoms with Crippen molar-refractivity contribution in [3.63, 3.8) is 0 Å². The normalized spacial score (nSPS) is 14.2. The molecule has 0 amide bonds. The Balaban J connectivity index is 1.46. The third kappa shape index (κ3) is 6.45. The Hall–Kier alpha value is -4.30. The van der Waals surface area contributed by atoms with Gasteiger partial charge < -0.3 is 25.2 Å². The minimum absolute atomic E-state index is 0.132. The zero-order valence-corrected chi connectivity index (χ0v) is 26.6. The summed E-state index contributed by atoms with van der Waals surface area (Å²) in [6, 6.07) is 7.91. The summed E-state index contributed by atoms with van der Waals surface area (Å²) in [7, 11) is 3.58. The monoisotopic (exact) mass is 623 g/mol. The molecule has 4 aromatic rings. The van der Waals surface area contributed by atoms with Crippen LogP contribution in [0.4, 0.5) is 38.9 Å². The zero-order valence-electron chi connectivity index (χ0n) is 25.8. The number of benzene rings is 2. The molecule has 0 saturated carbocycles. The number of nitrogens with zero attached hydrogens (tertiary/aromatic N) is 7. The van der Waals surface area contributed by atoms with Gasteiger partial charge in [-0.2, -0.15) is 4.98 Å². The maximum atomic E-state index is 15.1. The van der Waals surface area contributed by atoms with Gasteiger partial charge in [-0.05, 0) is 57.1 Å². The van der Waals surface area contributed by atoms with E-state index in [2.05, 4.69) is 61.4 Å². The van der Waals surface area contributed by atoms with E-state index in [1.807, 2.05) is 12.1 Å². The van der Waals surface area contributed by atoms with Crippen molar-refractivity contribution in [1.82, 2.24) is 24.8 Å². The quantitative estimate of drug-likeness (QED) is 0.258. The number of hydrogen-bond acceptors (Lipinski definition) is 11. The maximum absolute atomic E-state index is 15.1. The van der Waals surface area contributed by atoms with E-state index < -0.39 is 15.8 Å². The van der Waals surface area contributed by atoms with Crippen LogP contribution in [0.3, 0.4) is 0 Å². The van der Waals surface area contributed by atoms with Crippen molar-refractivity contribution in [2.75, 3.05) is 67.4 Å². The fourth-order valence-electron chi connectivity index (χ4n) is 5.45. The SMILES string of the molecule is CCc1cc(Nc2ncc(F)c(Nc3ccc4nccnc4c3N(C)S(C)(=O)=O)n2)c(OC)cc1N1CCC(N(C)C)CC1. The number of hydrogen-bond donors (Lipinski definition) is 2. The number of rotatable bonds is 10. The lowest BCUT2D eigenvalue weighted by Crippen LogP contribution is -2.42. The lowest BCUT2D eigenvalue weighted by Gasteiger charge is -2.37. The van der Waals surface area contributed by atoms with Crippen molar-refractivity contribution in [1.29, 1.82) is 0 Å². The second kappa shape index (κ2) is 12.7. The van der Waals surface area contributed by atoms with Crippen LogP contribution in [0.15, 0.2) is 42.9 Å². The topological polar surface area (TPSA) is 129 Å². The Labute approximate surface area is 257 Å². The van der Waals surface area contributed by atoms with Crippen molar-refractivity contribution in [2.24, 2.45) is 0 Å². The van der Waals surface area contributed by atoms with Crippen LogP contribution in [0.1, 0.15) is 25.3 Å². The number of nitrogens with one attached hydrogen (secondary N) is 2. The number of halogens is 1. The third-order valence-electron chi connectivity index (χ3n) is 7.99. The molecular weight excluding hydrogens is 585 g/mol. The van der Waals surface area contributed by atoms with Gasteiger partial charge in [-0.3, -0.25) is 14.3 Å². The number of piperidine rings is 1. The van der Waals surface area contributed by atoms with E-state index >= 15 is 4.39 Å². The molecule has 2 aromatic carbocycles. The van der Waals surface area contributed by atoms with E-state index in [-0.39, 0.29) is 23.1 Å². The highest BCUT2D eigenvalue weighted by molar-refractivity contribution is 7.92. The molecule has 2 aromatic heterocycles. The van der Waals surface area contributed by atoms with E-state index in [4.69, 9.17) is 4.74 Å². The summed E-state index contributed by atoms with van der Waals surface area (Å²) >= 11 is 0. The highest BCUT2D eigenvalue weighted by atomic mass is 32.2. The largest absolute Gasteiger partial charge is 0.494 e. The van der Waals surface area contributed by atoms with Gasteiger partial charge in [-0.25, -0.2) is 17.8 Å². The molecule has 1 aliphatic rings. The molecule has 5 rings (SSSR count). The van der Waals surface area contributed by atoms with Gasteiger partial charge in [0.2, 0.25) is 16.0 Å². The Morgan fingerprint density at radius 2 is 1.77 bits per heavy atom. The number of fused-ring (bicyclic) bond motifs is 1. The molecule has 1 fully saturated rings.